The van der Waals surface area contributed by atoms with E-state index in [9.17, 15) is 4.79 Å². The molecule has 0 aliphatic heterocycles. The Hall–Kier alpha value is -2.74. The van der Waals surface area contributed by atoms with Crippen LogP contribution in [0.4, 0.5) is 0 Å². The van der Waals surface area contributed by atoms with Gasteiger partial charge in [0.1, 0.15) is 5.56 Å². The molecule has 0 N–H and O–H groups in total. The van der Waals surface area contributed by atoms with Gasteiger partial charge in [0.05, 0.1) is 11.1 Å². The first-order chi connectivity index (χ1) is 10.7. The van der Waals surface area contributed by atoms with Gasteiger partial charge in [-0.2, -0.15) is 0 Å². The Labute approximate surface area is 130 Å². The average molecular weight is 289 g/mol. The molecule has 3 aromatic rings. The van der Waals surface area contributed by atoms with Crippen LogP contribution in [0.15, 0.2) is 71.1 Å². The zero-order valence-corrected chi connectivity index (χ0v) is 12.7. The van der Waals surface area contributed by atoms with Crippen LogP contribution in [0.5, 0.6) is 0 Å². The van der Waals surface area contributed by atoms with Crippen LogP contribution in [0.1, 0.15) is 22.8 Å². The highest BCUT2D eigenvalue weighted by molar-refractivity contribution is 6.01. The number of aryl methyl sites for hydroxylation is 1. The summed E-state index contributed by atoms with van der Waals surface area (Å²) in [7, 11) is 0. The zero-order valence-electron chi connectivity index (χ0n) is 12.7. The lowest BCUT2D eigenvalue weighted by Gasteiger charge is -2.03. The summed E-state index contributed by atoms with van der Waals surface area (Å²) >= 11 is 0. The summed E-state index contributed by atoms with van der Waals surface area (Å²) in [5.74, 6) is 1.41. The molecular weight excluding hydrogens is 272 g/mol. The van der Waals surface area contributed by atoms with Gasteiger partial charge in [0.25, 0.3) is 0 Å². The molecule has 3 rings (SSSR count). The number of hydrogen-bond acceptors (Lipinski definition) is 1. The summed E-state index contributed by atoms with van der Waals surface area (Å²) in [4.78, 5) is 12.0. The van der Waals surface area contributed by atoms with Crippen molar-refractivity contribution in [2.24, 2.45) is 0 Å². The SMILES string of the molecule is CC(=O)c1c(C)cc(-c2ccccc2)[o+]c1-c1ccccc1. The fourth-order valence-corrected chi connectivity index (χ4v) is 2.61. The molecule has 0 amide bonds. The second kappa shape index (κ2) is 5.94. The molecule has 1 aromatic heterocycles. The van der Waals surface area contributed by atoms with Crippen LogP contribution in [0.3, 0.4) is 0 Å². The van der Waals surface area contributed by atoms with Gasteiger partial charge in [-0.3, -0.25) is 4.79 Å². The van der Waals surface area contributed by atoms with Crippen molar-refractivity contribution in [2.75, 3.05) is 0 Å². The van der Waals surface area contributed by atoms with E-state index in [2.05, 4.69) is 0 Å². The van der Waals surface area contributed by atoms with Crippen LogP contribution < -0.4 is 0 Å². The first-order valence-electron chi connectivity index (χ1n) is 7.26. The van der Waals surface area contributed by atoms with Crippen molar-refractivity contribution in [3.8, 4) is 22.6 Å². The molecule has 0 saturated heterocycles. The monoisotopic (exact) mass is 289 g/mol. The average Bonchev–Trinajstić information content (AvgIpc) is 2.55. The van der Waals surface area contributed by atoms with Gasteiger partial charge in [-0.1, -0.05) is 36.4 Å². The maximum atomic E-state index is 12.0. The van der Waals surface area contributed by atoms with Gasteiger partial charge in [-0.25, -0.2) is 4.42 Å². The Balaban J connectivity index is 2.26. The summed E-state index contributed by atoms with van der Waals surface area (Å²) in [6.45, 7) is 3.53. The van der Waals surface area contributed by atoms with E-state index in [4.69, 9.17) is 4.42 Å². The number of benzene rings is 2. The molecule has 0 radical (unpaired) electrons. The fraction of sp³-hybridized carbons (Fsp3) is 0.100. The third kappa shape index (κ3) is 2.68. The van der Waals surface area contributed by atoms with Gasteiger partial charge >= 0.3 is 11.5 Å². The standard InChI is InChI=1S/C20H17O2/c1-14-13-18(16-9-5-3-6-10-16)22-20(19(14)15(2)21)17-11-7-4-8-12-17/h3-13H,1-2H3/q+1. The summed E-state index contributed by atoms with van der Waals surface area (Å²) in [5.41, 5.74) is 3.48. The lowest BCUT2D eigenvalue weighted by Crippen LogP contribution is -2.01. The molecule has 2 aromatic carbocycles. The van der Waals surface area contributed by atoms with Crippen molar-refractivity contribution < 1.29 is 9.21 Å². The minimum absolute atomic E-state index is 0.0136. The quantitative estimate of drug-likeness (QED) is 0.476. The summed E-state index contributed by atoms with van der Waals surface area (Å²) in [5, 5.41) is 0. The van der Waals surface area contributed by atoms with Crippen LogP contribution in [0.2, 0.25) is 0 Å². The van der Waals surface area contributed by atoms with Crippen molar-refractivity contribution in [1.82, 2.24) is 0 Å². The lowest BCUT2D eigenvalue weighted by molar-refractivity contribution is 0.101. The topological polar surface area (TPSA) is 28.4 Å². The number of carbonyl (C=O) groups excluding carboxylic acids is 1. The van der Waals surface area contributed by atoms with E-state index in [1.165, 1.54) is 0 Å². The summed E-state index contributed by atoms with van der Waals surface area (Å²) < 4.78 is 6.10. The molecule has 2 nitrogen and oxygen atoms in total. The Morgan fingerprint density at radius 1 is 0.864 bits per heavy atom. The first kappa shape index (κ1) is 14.2. The van der Waals surface area contributed by atoms with Gasteiger partial charge in [0.2, 0.25) is 0 Å². The molecule has 2 heteroatoms. The van der Waals surface area contributed by atoms with E-state index in [1.807, 2.05) is 73.7 Å². The lowest BCUT2D eigenvalue weighted by atomic mass is 9.99. The second-order valence-corrected chi connectivity index (χ2v) is 5.29. The zero-order chi connectivity index (χ0) is 15.5. The van der Waals surface area contributed by atoms with Gasteiger partial charge in [0.15, 0.2) is 5.78 Å². The molecule has 0 bridgehead atoms. The molecule has 0 spiro atoms. The number of rotatable bonds is 3. The van der Waals surface area contributed by atoms with Crippen molar-refractivity contribution >= 4 is 5.78 Å². The third-order valence-corrected chi connectivity index (χ3v) is 3.63. The summed E-state index contributed by atoms with van der Waals surface area (Å²) in [6.07, 6.45) is 0. The van der Waals surface area contributed by atoms with Gasteiger partial charge in [0, 0.05) is 6.07 Å². The molecule has 0 atom stereocenters. The van der Waals surface area contributed by atoms with Crippen molar-refractivity contribution in [3.05, 3.63) is 77.9 Å². The van der Waals surface area contributed by atoms with Crippen molar-refractivity contribution in [3.63, 3.8) is 0 Å². The van der Waals surface area contributed by atoms with Crippen molar-refractivity contribution in [1.29, 1.82) is 0 Å². The van der Waals surface area contributed by atoms with Crippen molar-refractivity contribution in [2.45, 2.75) is 13.8 Å². The molecule has 0 unspecified atom stereocenters. The predicted octanol–water partition coefficient (Wildman–Crippen LogP) is 5.41. The number of carbonyl (C=O) groups is 1. The third-order valence-electron chi connectivity index (χ3n) is 3.63. The van der Waals surface area contributed by atoms with Gasteiger partial charge in [-0.15, -0.1) is 0 Å². The van der Waals surface area contributed by atoms with Gasteiger partial charge in [-0.05, 0) is 43.7 Å². The molecule has 1 heterocycles. The Morgan fingerprint density at radius 2 is 1.41 bits per heavy atom. The minimum atomic E-state index is 0.0136. The Bertz CT molecular complexity index is 806. The highest BCUT2D eigenvalue weighted by Crippen LogP contribution is 2.32. The van der Waals surface area contributed by atoms with Gasteiger partial charge < -0.3 is 0 Å². The molecule has 0 saturated carbocycles. The molecule has 0 aliphatic carbocycles. The minimum Gasteiger partial charge on any atom is -0.294 e. The maximum Gasteiger partial charge on any atom is 0.371 e. The Kier molecular flexibility index (Phi) is 3.84. The normalized spacial score (nSPS) is 10.5. The predicted molar refractivity (Wildman–Crippen MR) is 88.7 cm³/mol. The molecular formula is C20H17O2+. The molecule has 0 fully saturated rings. The summed E-state index contributed by atoms with van der Waals surface area (Å²) in [6, 6.07) is 21.6. The largest absolute Gasteiger partial charge is 0.371 e. The smallest absolute Gasteiger partial charge is 0.294 e. The molecule has 108 valence electrons. The van der Waals surface area contributed by atoms with Crippen LogP contribution in [0, 0.1) is 6.92 Å². The van der Waals surface area contributed by atoms with E-state index in [-0.39, 0.29) is 5.78 Å². The number of ketones is 1. The molecule has 0 aliphatic rings. The van der Waals surface area contributed by atoms with E-state index >= 15 is 0 Å². The number of hydrogen-bond donors (Lipinski definition) is 0. The van der Waals surface area contributed by atoms with E-state index in [0.717, 1.165) is 22.5 Å². The highest BCUT2D eigenvalue weighted by Gasteiger charge is 2.27. The van der Waals surface area contributed by atoms with E-state index in [1.54, 1.807) is 6.92 Å². The van der Waals surface area contributed by atoms with Crippen LogP contribution in [-0.4, -0.2) is 5.78 Å². The highest BCUT2D eigenvalue weighted by atomic mass is 16.3. The van der Waals surface area contributed by atoms with Crippen LogP contribution >= 0.6 is 0 Å². The fourth-order valence-electron chi connectivity index (χ4n) is 2.61. The number of Topliss-reactive ketones (excluding diaryl/α,β-unsaturated/α-hetero) is 1. The van der Waals surface area contributed by atoms with E-state index < -0.39 is 0 Å². The first-order valence-corrected chi connectivity index (χ1v) is 7.26. The Morgan fingerprint density at radius 3 is 1.95 bits per heavy atom. The second-order valence-electron chi connectivity index (χ2n) is 5.29. The van der Waals surface area contributed by atoms with Crippen LogP contribution in [0.25, 0.3) is 22.6 Å². The van der Waals surface area contributed by atoms with E-state index in [0.29, 0.717) is 11.3 Å². The molecule has 22 heavy (non-hydrogen) atoms. The van der Waals surface area contributed by atoms with Crippen LogP contribution in [-0.2, 0) is 0 Å². The maximum absolute atomic E-state index is 12.0.